The molecule has 3 heterocycles. The average Bonchev–Trinajstić information content (AvgIpc) is 3.53. The minimum absolute atomic E-state index is 0.00996. The molecule has 0 radical (unpaired) electrons. The largest absolute Gasteiger partial charge is 0.377 e. The third-order valence-electron chi connectivity index (χ3n) is 7.64. The molecule has 188 valence electrons. The summed E-state index contributed by atoms with van der Waals surface area (Å²) in [5.74, 6) is 1.18. The zero-order valence-electron chi connectivity index (χ0n) is 21.2. The number of aryl methyl sites for hydroxylation is 1. The van der Waals surface area contributed by atoms with Crippen LogP contribution in [0.2, 0.25) is 0 Å². The lowest BCUT2D eigenvalue weighted by Crippen LogP contribution is -2.40. The fourth-order valence-electron chi connectivity index (χ4n) is 5.89. The highest BCUT2D eigenvalue weighted by Gasteiger charge is 2.34. The number of rotatable bonds is 8. The number of nitrogens with one attached hydrogen (secondary N) is 1. The second-order valence-corrected chi connectivity index (χ2v) is 10.7. The van der Waals surface area contributed by atoms with E-state index in [-0.39, 0.29) is 23.6 Å². The van der Waals surface area contributed by atoms with Gasteiger partial charge in [0.15, 0.2) is 5.82 Å². The van der Waals surface area contributed by atoms with Crippen LogP contribution in [0.1, 0.15) is 87.8 Å². The zero-order valence-corrected chi connectivity index (χ0v) is 21.2. The number of hydrogen-bond acceptors (Lipinski definition) is 6. The molecule has 2 aliphatic rings. The van der Waals surface area contributed by atoms with Crippen LogP contribution in [0.5, 0.6) is 0 Å². The van der Waals surface area contributed by atoms with E-state index in [4.69, 9.17) is 4.74 Å². The Bertz CT molecular complexity index is 1190. The monoisotopic (exact) mass is 478 g/mol. The number of hydrogen-bond donors (Lipinski definition) is 1. The molecule has 2 aromatic heterocycles. The Balaban J connectivity index is 1.51. The van der Waals surface area contributed by atoms with Gasteiger partial charge < -0.3 is 9.72 Å². The van der Waals surface area contributed by atoms with Gasteiger partial charge in [0.25, 0.3) is 5.56 Å². The summed E-state index contributed by atoms with van der Waals surface area (Å²) < 4.78 is 8.13. The minimum Gasteiger partial charge on any atom is -0.377 e. The van der Waals surface area contributed by atoms with Gasteiger partial charge in [-0.15, -0.1) is 5.10 Å². The van der Waals surface area contributed by atoms with Crippen molar-refractivity contribution in [2.24, 2.45) is 5.92 Å². The number of H-pyrrole nitrogens is 1. The highest BCUT2D eigenvalue weighted by molar-refractivity contribution is 5.79. The molecule has 0 spiro atoms. The molecule has 1 aliphatic carbocycles. The van der Waals surface area contributed by atoms with Crippen molar-refractivity contribution in [1.82, 2.24) is 30.1 Å². The van der Waals surface area contributed by atoms with Crippen molar-refractivity contribution in [3.8, 4) is 0 Å². The summed E-state index contributed by atoms with van der Waals surface area (Å²) in [6.45, 7) is 8.57. The molecule has 8 heteroatoms. The zero-order chi connectivity index (χ0) is 24.4. The number of nitrogens with zero attached hydrogens (tertiary/aromatic N) is 5. The molecule has 2 atom stereocenters. The van der Waals surface area contributed by atoms with Gasteiger partial charge in [-0.1, -0.05) is 45.2 Å². The lowest BCUT2D eigenvalue weighted by atomic mass is 9.94. The van der Waals surface area contributed by atoms with Gasteiger partial charge in [0.1, 0.15) is 0 Å². The Morgan fingerprint density at radius 1 is 1.14 bits per heavy atom. The first-order valence-electron chi connectivity index (χ1n) is 13.3. The van der Waals surface area contributed by atoms with Crippen molar-refractivity contribution in [3.05, 3.63) is 51.6 Å². The Morgan fingerprint density at radius 2 is 1.97 bits per heavy atom. The van der Waals surface area contributed by atoms with Crippen LogP contribution in [0.3, 0.4) is 0 Å². The van der Waals surface area contributed by atoms with Gasteiger partial charge in [-0.3, -0.25) is 9.69 Å². The molecule has 2 fully saturated rings. The van der Waals surface area contributed by atoms with E-state index in [2.05, 4.69) is 56.1 Å². The maximum Gasteiger partial charge on any atom is 0.252 e. The number of tetrazole rings is 1. The number of fused-ring (bicyclic) bond motifs is 1. The summed E-state index contributed by atoms with van der Waals surface area (Å²) in [5.41, 5.74) is 2.75. The molecular formula is C27H38N6O2. The lowest BCUT2D eigenvalue weighted by Gasteiger charge is -2.36. The van der Waals surface area contributed by atoms with Gasteiger partial charge in [-0.05, 0) is 72.0 Å². The number of ether oxygens (including phenoxy) is 1. The molecular weight excluding hydrogens is 440 g/mol. The predicted molar refractivity (Wildman–Crippen MR) is 136 cm³/mol. The smallest absolute Gasteiger partial charge is 0.252 e. The quantitative estimate of drug-likeness (QED) is 0.505. The maximum atomic E-state index is 13.2. The van der Waals surface area contributed by atoms with E-state index in [0.717, 1.165) is 66.7 Å². The Labute approximate surface area is 207 Å². The summed E-state index contributed by atoms with van der Waals surface area (Å²) >= 11 is 0. The molecule has 1 aromatic carbocycles. The van der Waals surface area contributed by atoms with Crippen LogP contribution in [-0.2, 0) is 11.3 Å². The maximum absolute atomic E-state index is 13.2. The highest BCUT2D eigenvalue weighted by Crippen LogP contribution is 2.34. The topological polar surface area (TPSA) is 88.9 Å². The van der Waals surface area contributed by atoms with Gasteiger partial charge in [0, 0.05) is 30.8 Å². The van der Waals surface area contributed by atoms with Gasteiger partial charge >= 0.3 is 0 Å². The van der Waals surface area contributed by atoms with Crippen LogP contribution in [0, 0.1) is 12.8 Å². The normalized spacial score (nSPS) is 20.3. The van der Waals surface area contributed by atoms with Crippen molar-refractivity contribution in [2.75, 3.05) is 13.2 Å². The molecule has 1 saturated heterocycles. The molecule has 1 N–H and O–H groups in total. The fourth-order valence-corrected chi connectivity index (χ4v) is 5.89. The van der Waals surface area contributed by atoms with Gasteiger partial charge in [-0.2, -0.15) is 0 Å². The highest BCUT2D eigenvalue weighted by atomic mass is 16.5. The summed E-state index contributed by atoms with van der Waals surface area (Å²) in [7, 11) is 0. The Hall–Kier alpha value is -2.58. The van der Waals surface area contributed by atoms with Crippen LogP contribution in [-0.4, -0.2) is 49.3 Å². The van der Waals surface area contributed by atoms with E-state index < -0.39 is 0 Å². The van der Waals surface area contributed by atoms with Crippen LogP contribution in [0.4, 0.5) is 0 Å². The number of aromatic nitrogens is 5. The summed E-state index contributed by atoms with van der Waals surface area (Å²) in [5, 5.41) is 14.2. The van der Waals surface area contributed by atoms with Crippen molar-refractivity contribution in [3.63, 3.8) is 0 Å². The van der Waals surface area contributed by atoms with E-state index in [0.29, 0.717) is 12.6 Å². The van der Waals surface area contributed by atoms with E-state index in [1.165, 1.54) is 19.3 Å². The van der Waals surface area contributed by atoms with Gasteiger partial charge in [0.05, 0.1) is 18.2 Å². The summed E-state index contributed by atoms with van der Waals surface area (Å²) in [4.78, 5) is 18.6. The first-order valence-corrected chi connectivity index (χ1v) is 13.3. The van der Waals surface area contributed by atoms with Crippen molar-refractivity contribution < 1.29 is 4.74 Å². The predicted octanol–water partition coefficient (Wildman–Crippen LogP) is 4.71. The molecule has 5 rings (SSSR count). The number of pyridine rings is 1. The van der Waals surface area contributed by atoms with Crippen molar-refractivity contribution >= 4 is 10.9 Å². The summed E-state index contributed by atoms with van der Waals surface area (Å²) in [6, 6.07) is 8.58. The Kier molecular flexibility index (Phi) is 7.29. The molecule has 3 aromatic rings. The van der Waals surface area contributed by atoms with Crippen LogP contribution < -0.4 is 5.56 Å². The second kappa shape index (κ2) is 10.6. The SMILES string of the molecule is Cc1ccc2cc(CN(C[C@@H]3CCCO3)[C@H](c3nnnn3C3CCCCC3)C(C)C)c(=O)[nH]c2c1. The molecule has 0 bridgehead atoms. The van der Waals surface area contributed by atoms with Crippen LogP contribution >= 0.6 is 0 Å². The van der Waals surface area contributed by atoms with Crippen LogP contribution in [0.15, 0.2) is 29.1 Å². The van der Waals surface area contributed by atoms with Gasteiger partial charge in [-0.25, -0.2) is 4.68 Å². The molecule has 35 heavy (non-hydrogen) atoms. The van der Waals surface area contributed by atoms with E-state index in [1.807, 2.05) is 19.1 Å². The molecule has 0 unspecified atom stereocenters. The molecule has 1 aliphatic heterocycles. The molecule has 1 saturated carbocycles. The van der Waals surface area contributed by atoms with Crippen molar-refractivity contribution in [1.29, 1.82) is 0 Å². The van der Waals surface area contributed by atoms with E-state index in [9.17, 15) is 4.79 Å². The van der Waals surface area contributed by atoms with Crippen molar-refractivity contribution in [2.45, 2.75) is 90.4 Å². The molecule has 0 amide bonds. The Morgan fingerprint density at radius 3 is 2.71 bits per heavy atom. The first-order chi connectivity index (χ1) is 17.0. The number of aromatic amines is 1. The van der Waals surface area contributed by atoms with E-state index >= 15 is 0 Å². The van der Waals surface area contributed by atoms with Gasteiger partial charge in [0.2, 0.25) is 0 Å². The lowest BCUT2D eigenvalue weighted by molar-refractivity contribution is 0.0375. The number of benzene rings is 1. The molecule has 8 nitrogen and oxygen atoms in total. The third-order valence-corrected chi connectivity index (χ3v) is 7.64. The first kappa shape index (κ1) is 24.1. The average molecular weight is 479 g/mol. The van der Waals surface area contributed by atoms with E-state index in [1.54, 1.807) is 0 Å². The minimum atomic E-state index is -0.0326. The second-order valence-electron chi connectivity index (χ2n) is 10.7. The standard InChI is InChI=1S/C27H38N6O2/c1-18(2)25(26-29-30-31-33(26)22-8-5-4-6-9-22)32(17-23-10-7-13-35-23)16-21-15-20-12-11-19(3)14-24(20)28-27(21)34/h11-12,14-15,18,22-23,25H,4-10,13,16-17H2,1-3H3,(H,28,34)/t23-,25-/m0/s1. The third kappa shape index (κ3) is 5.33. The van der Waals surface area contributed by atoms with Crippen LogP contribution in [0.25, 0.3) is 10.9 Å². The fraction of sp³-hybridized carbons (Fsp3) is 0.630. The summed E-state index contributed by atoms with van der Waals surface area (Å²) in [6.07, 6.45) is 8.28.